The number of esters is 1. The van der Waals surface area contributed by atoms with Crippen molar-refractivity contribution in [1.29, 1.82) is 0 Å². The van der Waals surface area contributed by atoms with E-state index in [0.717, 1.165) is 12.1 Å². The van der Waals surface area contributed by atoms with Crippen LogP contribution in [-0.2, 0) is 4.79 Å². The van der Waals surface area contributed by atoms with E-state index in [2.05, 4.69) is 4.74 Å². The lowest BCUT2D eigenvalue weighted by atomic mass is 9.85. The highest BCUT2D eigenvalue weighted by atomic mass is 19.3. The van der Waals surface area contributed by atoms with Crippen LogP contribution in [0.5, 0.6) is 28.7 Å². The molecule has 0 amide bonds. The average Bonchev–Trinajstić information content (AvgIpc) is 2.82. The topological polar surface area (TPSA) is 115 Å². The van der Waals surface area contributed by atoms with Crippen molar-refractivity contribution in [2.75, 3.05) is 7.11 Å². The summed E-state index contributed by atoms with van der Waals surface area (Å²) < 4.78 is 46.5. The van der Waals surface area contributed by atoms with Crippen LogP contribution in [0.2, 0.25) is 0 Å². The molecule has 1 unspecified atom stereocenters. The zero-order valence-corrected chi connectivity index (χ0v) is 18.7. The SMILES string of the molecule is COc1ccc(-c2cc(=O)c3c(O)cc4c(c3o2)C(c2cccc(OC(F)F)c2)CC(=O)O4)cc1O. The van der Waals surface area contributed by atoms with Crippen LogP contribution in [0, 0.1) is 0 Å². The molecule has 0 spiro atoms. The molecule has 4 aromatic rings. The number of hydrogen-bond donors (Lipinski definition) is 2. The third-order valence-electron chi connectivity index (χ3n) is 5.87. The van der Waals surface area contributed by atoms with Gasteiger partial charge < -0.3 is 28.8 Å². The maximum Gasteiger partial charge on any atom is 0.387 e. The van der Waals surface area contributed by atoms with E-state index in [1.807, 2.05) is 0 Å². The molecule has 1 aliphatic heterocycles. The number of ether oxygens (including phenoxy) is 3. The van der Waals surface area contributed by atoms with Gasteiger partial charge in [-0.15, -0.1) is 0 Å². The third kappa shape index (κ3) is 4.06. The molecule has 2 N–H and O–H groups in total. The van der Waals surface area contributed by atoms with E-state index in [1.165, 1.54) is 37.4 Å². The monoisotopic (exact) mass is 496 g/mol. The van der Waals surface area contributed by atoms with Crippen molar-refractivity contribution in [2.24, 2.45) is 0 Å². The van der Waals surface area contributed by atoms with Crippen LogP contribution in [0.1, 0.15) is 23.5 Å². The number of carbonyl (C=O) groups excluding carboxylic acids is 1. The first-order valence-corrected chi connectivity index (χ1v) is 10.7. The molecule has 0 saturated heterocycles. The van der Waals surface area contributed by atoms with Gasteiger partial charge in [-0.3, -0.25) is 9.59 Å². The van der Waals surface area contributed by atoms with Crippen molar-refractivity contribution in [3.8, 4) is 40.1 Å². The molecule has 1 aliphatic rings. The molecule has 184 valence electrons. The molecule has 5 rings (SSSR count). The summed E-state index contributed by atoms with van der Waals surface area (Å²) in [7, 11) is 1.39. The van der Waals surface area contributed by atoms with Gasteiger partial charge in [-0.05, 0) is 35.9 Å². The average molecular weight is 496 g/mol. The van der Waals surface area contributed by atoms with Gasteiger partial charge in [-0.2, -0.15) is 8.78 Å². The Morgan fingerprint density at radius 2 is 1.83 bits per heavy atom. The highest BCUT2D eigenvalue weighted by Crippen LogP contribution is 2.46. The molecule has 1 atom stereocenters. The smallest absolute Gasteiger partial charge is 0.387 e. The van der Waals surface area contributed by atoms with Crippen molar-refractivity contribution in [2.45, 2.75) is 19.0 Å². The van der Waals surface area contributed by atoms with Crippen molar-refractivity contribution in [3.63, 3.8) is 0 Å². The lowest BCUT2D eigenvalue weighted by Crippen LogP contribution is -2.22. The molecule has 8 nitrogen and oxygen atoms in total. The summed E-state index contributed by atoms with van der Waals surface area (Å²) in [6.07, 6.45) is -0.178. The van der Waals surface area contributed by atoms with Crippen LogP contribution in [0.3, 0.4) is 0 Å². The molecular weight excluding hydrogens is 478 g/mol. The number of halogens is 2. The second kappa shape index (κ2) is 8.88. The predicted octanol–water partition coefficient (Wildman–Crippen LogP) is 4.92. The third-order valence-corrected chi connectivity index (χ3v) is 5.87. The Morgan fingerprint density at radius 1 is 1.03 bits per heavy atom. The molecule has 1 aromatic heterocycles. The number of fused-ring (bicyclic) bond motifs is 3. The fourth-order valence-electron chi connectivity index (χ4n) is 4.34. The van der Waals surface area contributed by atoms with Crippen LogP contribution in [0.25, 0.3) is 22.3 Å². The Kier molecular flexibility index (Phi) is 5.71. The van der Waals surface area contributed by atoms with Gasteiger partial charge in [0.1, 0.15) is 34.0 Å². The van der Waals surface area contributed by atoms with Crippen LogP contribution >= 0.6 is 0 Å². The zero-order chi connectivity index (χ0) is 25.6. The van der Waals surface area contributed by atoms with Crippen LogP contribution in [0.15, 0.2) is 63.8 Å². The molecule has 0 radical (unpaired) electrons. The predicted molar refractivity (Wildman–Crippen MR) is 123 cm³/mol. The number of phenols is 2. The van der Waals surface area contributed by atoms with E-state index in [9.17, 15) is 28.6 Å². The van der Waals surface area contributed by atoms with Gasteiger partial charge in [0.2, 0.25) is 0 Å². The highest BCUT2D eigenvalue weighted by molar-refractivity contribution is 5.93. The fraction of sp³-hybridized carbons (Fsp3) is 0.154. The quantitative estimate of drug-likeness (QED) is 0.296. The lowest BCUT2D eigenvalue weighted by Gasteiger charge is -2.26. The highest BCUT2D eigenvalue weighted by Gasteiger charge is 2.34. The summed E-state index contributed by atoms with van der Waals surface area (Å²) in [6.45, 7) is -3.04. The Balaban J connectivity index is 1.75. The van der Waals surface area contributed by atoms with Crippen LogP contribution < -0.4 is 19.6 Å². The van der Waals surface area contributed by atoms with E-state index >= 15 is 0 Å². The fourth-order valence-corrected chi connectivity index (χ4v) is 4.34. The first kappa shape index (κ1) is 23.2. The van der Waals surface area contributed by atoms with Crippen molar-refractivity contribution in [3.05, 3.63) is 75.9 Å². The van der Waals surface area contributed by atoms with Crippen molar-refractivity contribution in [1.82, 2.24) is 0 Å². The van der Waals surface area contributed by atoms with E-state index in [-0.39, 0.29) is 51.7 Å². The van der Waals surface area contributed by atoms with E-state index in [4.69, 9.17) is 13.9 Å². The minimum Gasteiger partial charge on any atom is -0.507 e. The van der Waals surface area contributed by atoms with E-state index in [1.54, 1.807) is 12.1 Å². The molecule has 0 saturated carbocycles. The lowest BCUT2D eigenvalue weighted by molar-refractivity contribution is -0.135. The summed E-state index contributed by atoms with van der Waals surface area (Å²) in [6, 6.07) is 12.5. The van der Waals surface area contributed by atoms with Gasteiger partial charge in [-0.25, -0.2) is 0 Å². The maximum atomic E-state index is 13.1. The van der Waals surface area contributed by atoms with E-state index in [0.29, 0.717) is 11.1 Å². The summed E-state index contributed by atoms with van der Waals surface area (Å²) >= 11 is 0. The molecule has 0 bridgehead atoms. The van der Waals surface area contributed by atoms with Crippen molar-refractivity contribution < 1.29 is 42.4 Å². The number of carbonyl (C=O) groups is 1. The number of methoxy groups -OCH3 is 1. The number of alkyl halides is 2. The number of rotatable bonds is 5. The van der Waals surface area contributed by atoms with Gasteiger partial charge in [0, 0.05) is 29.2 Å². The Morgan fingerprint density at radius 3 is 2.56 bits per heavy atom. The van der Waals surface area contributed by atoms with Gasteiger partial charge in [0.05, 0.1) is 13.5 Å². The maximum absolute atomic E-state index is 13.1. The summed E-state index contributed by atoms with van der Waals surface area (Å²) in [5.74, 6) is -1.86. The summed E-state index contributed by atoms with van der Waals surface area (Å²) in [4.78, 5) is 25.4. The second-order valence-electron chi connectivity index (χ2n) is 8.05. The largest absolute Gasteiger partial charge is 0.507 e. The first-order valence-electron chi connectivity index (χ1n) is 10.7. The number of phenolic OH excluding ortho intramolecular Hbond substituents is 2. The minimum absolute atomic E-state index is 0.0284. The zero-order valence-electron chi connectivity index (χ0n) is 18.7. The number of aromatic hydroxyl groups is 2. The van der Waals surface area contributed by atoms with Crippen molar-refractivity contribution >= 4 is 16.9 Å². The standard InChI is InChI=1S/C26H18F2O8/c1-33-19-6-5-13(8-16(19)29)20-10-17(30)24-18(31)11-21-23(25(24)36-20)15(9-22(32)35-21)12-3-2-4-14(7-12)34-26(27)28/h2-8,10-11,15,26,29,31H,9H2,1H3. The van der Waals surface area contributed by atoms with Gasteiger partial charge >= 0.3 is 12.6 Å². The molecule has 10 heteroatoms. The molecule has 0 aliphatic carbocycles. The second-order valence-corrected chi connectivity index (χ2v) is 8.05. The molecular formula is C26H18F2O8. The van der Waals surface area contributed by atoms with Gasteiger partial charge in [0.25, 0.3) is 0 Å². The summed E-state index contributed by atoms with van der Waals surface area (Å²) in [5.41, 5.74) is 0.454. The Bertz CT molecular complexity index is 1560. The molecule has 0 fully saturated rings. The van der Waals surface area contributed by atoms with Gasteiger partial charge in [-0.1, -0.05) is 12.1 Å². The molecule has 3 aromatic carbocycles. The Hall–Kier alpha value is -4.60. The Labute approximate surface area is 201 Å². The summed E-state index contributed by atoms with van der Waals surface area (Å²) in [5, 5.41) is 20.6. The van der Waals surface area contributed by atoms with Crippen LogP contribution in [-0.4, -0.2) is 29.9 Å². The number of benzene rings is 3. The number of hydrogen-bond acceptors (Lipinski definition) is 8. The molecule has 2 heterocycles. The molecule has 36 heavy (non-hydrogen) atoms. The van der Waals surface area contributed by atoms with Gasteiger partial charge in [0.15, 0.2) is 16.9 Å². The van der Waals surface area contributed by atoms with E-state index < -0.39 is 29.7 Å². The van der Waals surface area contributed by atoms with Crippen LogP contribution in [0.4, 0.5) is 8.78 Å². The minimum atomic E-state index is -3.04. The normalized spacial score (nSPS) is 15.0. The first-order chi connectivity index (χ1) is 17.2.